The standard InChI is InChI=1S/C16H25N3O/c1-3-12-7-5-6-8-14(12)19-16(20)13-11-17-10-9-15(13)18-4-2/h9-12,14H,3-8H2,1-2H3,(H,17,18)(H,19,20). The number of rotatable bonds is 5. The van der Waals surface area contributed by atoms with E-state index in [1.807, 2.05) is 13.0 Å². The van der Waals surface area contributed by atoms with E-state index in [1.165, 1.54) is 19.3 Å². The van der Waals surface area contributed by atoms with E-state index in [-0.39, 0.29) is 5.91 Å². The minimum absolute atomic E-state index is 0.000556. The molecule has 2 rings (SSSR count). The first-order valence-electron chi connectivity index (χ1n) is 7.75. The second kappa shape index (κ2) is 7.27. The molecule has 1 aromatic heterocycles. The van der Waals surface area contributed by atoms with Crippen LogP contribution in [0.3, 0.4) is 0 Å². The molecule has 1 aromatic rings. The Morgan fingerprint density at radius 1 is 1.35 bits per heavy atom. The summed E-state index contributed by atoms with van der Waals surface area (Å²) in [7, 11) is 0. The van der Waals surface area contributed by atoms with Gasteiger partial charge in [0, 0.05) is 25.0 Å². The van der Waals surface area contributed by atoms with E-state index in [2.05, 4.69) is 22.5 Å². The quantitative estimate of drug-likeness (QED) is 0.867. The van der Waals surface area contributed by atoms with Crippen molar-refractivity contribution >= 4 is 11.6 Å². The van der Waals surface area contributed by atoms with Gasteiger partial charge in [0.05, 0.1) is 11.3 Å². The number of aromatic nitrogens is 1. The molecule has 1 heterocycles. The molecule has 1 saturated carbocycles. The van der Waals surface area contributed by atoms with Gasteiger partial charge in [-0.2, -0.15) is 0 Å². The molecule has 20 heavy (non-hydrogen) atoms. The van der Waals surface area contributed by atoms with Gasteiger partial charge in [-0.3, -0.25) is 9.78 Å². The number of carbonyl (C=O) groups is 1. The van der Waals surface area contributed by atoms with Crippen molar-refractivity contribution in [2.24, 2.45) is 5.92 Å². The average Bonchev–Trinajstić information content (AvgIpc) is 2.48. The number of pyridine rings is 1. The van der Waals surface area contributed by atoms with Gasteiger partial charge in [-0.25, -0.2) is 0 Å². The number of carbonyl (C=O) groups excluding carboxylic acids is 1. The van der Waals surface area contributed by atoms with E-state index in [0.717, 1.165) is 25.1 Å². The van der Waals surface area contributed by atoms with Crippen LogP contribution in [0.2, 0.25) is 0 Å². The summed E-state index contributed by atoms with van der Waals surface area (Å²) in [6.07, 6.45) is 9.34. The van der Waals surface area contributed by atoms with Crippen LogP contribution in [-0.2, 0) is 0 Å². The predicted molar refractivity (Wildman–Crippen MR) is 81.9 cm³/mol. The zero-order valence-corrected chi connectivity index (χ0v) is 12.5. The normalized spacial score (nSPS) is 22.3. The van der Waals surface area contributed by atoms with Crippen molar-refractivity contribution in [1.29, 1.82) is 0 Å². The second-order valence-electron chi connectivity index (χ2n) is 5.48. The molecule has 1 aliphatic carbocycles. The minimum atomic E-state index is -0.000556. The number of hydrogen-bond acceptors (Lipinski definition) is 3. The number of amides is 1. The summed E-state index contributed by atoms with van der Waals surface area (Å²) in [5.41, 5.74) is 1.51. The van der Waals surface area contributed by atoms with Crippen LogP contribution >= 0.6 is 0 Å². The number of anilines is 1. The van der Waals surface area contributed by atoms with Crippen LogP contribution in [0.4, 0.5) is 5.69 Å². The van der Waals surface area contributed by atoms with Crippen molar-refractivity contribution < 1.29 is 4.79 Å². The lowest BCUT2D eigenvalue weighted by Crippen LogP contribution is -2.42. The molecule has 0 saturated heterocycles. The molecule has 4 heteroatoms. The maximum Gasteiger partial charge on any atom is 0.255 e. The molecule has 0 aliphatic heterocycles. The third-order valence-corrected chi connectivity index (χ3v) is 4.18. The van der Waals surface area contributed by atoms with Gasteiger partial charge >= 0.3 is 0 Å². The molecular weight excluding hydrogens is 250 g/mol. The summed E-state index contributed by atoms with van der Waals surface area (Å²) in [5, 5.41) is 6.43. The van der Waals surface area contributed by atoms with E-state index >= 15 is 0 Å². The molecule has 0 radical (unpaired) electrons. The molecule has 0 aromatic carbocycles. The smallest absolute Gasteiger partial charge is 0.255 e. The Kier molecular flexibility index (Phi) is 5.39. The highest BCUT2D eigenvalue weighted by Crippen LogP contribution is 2.27. The van der Waals surface area contributed by atoms with Crippen LogP contribution in [0.5, 0.6) is 0 Å². The number of nitrogens with zero attached hydrogens (tertiary/aromatic N) is 1. The van der Waals surface area contributed by atoms with Crippen LogP contribution in [0.25, 0.3) is 0 Å². The van der Waals surface area contributed by atoms with E-state index < -0.39 is 0 Å². The lowest BCUT2D eigenvalue weighted by molar-refractivity contribution is 0.0905. The average molecular weight is 275 g/mol. The Labute approximate surface area is 121 Å². The fourth-order valence-corrected chi connectivity index (χ4v) is 3.05. The minimum Gasteiger partial charge on any atom is -0.385 e. The zero-order chi connectivity index (χ0) is 14.4. The SMILES string of the molecule is CCNc1ccncc1C(=O)NC1CCCCC1CC. The molecule has 1 amide bonds. The summed E-state index contributed by atoms with van der Waals surface area (Å²) in [6.45, 7) is 5.03. The van der Waals surface area contributed by atoms with Crippen molar-refractivity contribution in [3.63, 3.8) is 0 Å². The van der Waals surface area contributed by atoms with Gasteiger partial charge in [-0.1, -0.05) is 26.2 Å². The summed E-state index contributed by atoms with van der Waals surface area (Å²) in [4.78, 5) is 16.6. The van der Waals surface area contributed by atoms with Gasteiger partial charge in [0.25, 0.3) is 5.91 Å². The van der Waals surface area contributed by atoms with Crippen LogP contribution in [0.1, 0.15) is 56.3 Å². The van der Waals surface area contributed by atoms with Gasteiger partial charge in [0.2, 0.25) is 0 Å². The highest BCUT2D eigenvalue weighted by atomic mass is 16.1. The van der Waals surface area contributed by atoms with E-state index in [1.54, 1.807) is 12.4 Å². The Hall–Kier alpha value is -1.58. The summed E-state index contributed by atoms with van der Waals surface area (Å²) in [5.74, 6) is 0.617. The van der Waals surface area contributed by atoms with Crippen LogP contribution < -0.4 is 10.6 Å². The van der Waals surface area contributed by atoms with Gasteiger partial charge in [-0.05, 0) is 31.7 Å². The molecule has 1 aliphatic rings. The fourth-order valence-electron chi connectivity index (χ4n) is 3.05. The van der Waals surface area contributed by atoms with Crippen molar-refractivity contribution in [2.75, 3.05) is 11.9 Å². The Morgan fingerprint density at radius 2 is 2.15 bits per heavy atom. The first kappa shape index (κ1) is 14.8. The fraction of sp³-hybridized carbons (Fsp3) is 0.625. The molecule has 2 unspecified atom stereocenters. The van der Waals surface area contributed by atoms with Crippen LogP contribution in [0, 0.1) is 5.92 Å². The molecule has 0 bridgehead atoms. The lowest BCUT2D eigenvalue weighted by Gasteiger charge is -2.31. The molecule has 1 fully saturated rings. The van der Waals surface area contributed by atoms with Crippen LogP contribution in [-0.4, -0.2) is 23.5 Å². The Balaban J connectivity index is 2.07. The maximum absolute atomic E-state index is 12.5. The molecule has 2 N–H and O–H groups in total. The topological polar surface area (TPSA) is 54.0 Å². The predicted octanol–water partition coefficient (Wildman–Crippen LogP) is 3.21. The van der Waals surface area contributed by atoms with Crippen molar-refractivity contribution in [1.82, 2.24) is 10.3 Å². The van der Waals surface area contributed by atoms with E-state index in [0.29, 0.717) is 17.5 Å². The molecule has 4 nitrogen and oxygen atoms in total. The largest absolute Gasteiger partial charge is 0.385 e. The van der Waals surface area contributed by atoms with E-state index in [9.17, 15) is 4.79 Å². The first-order chi connectivity index (χ1) is 9.76. The van der Waals surface area contributed by atoms with Crippen molar-refractivity contribution in [2.45, 2.75) is 52.0 Å². The first-order valence-corrected chi connectivity index (χ1v) is 7.75. The third-order valence-electron chi connectivity index (χ3n) is 4.18. The molecule has 110 valence electrons. The summed E-state index contributed by atoms with van der Waals surface area (Å²) >= 11 is 0. The van der Waals surface area contributed by atoms with Gasteiger partial charge in [-0.15, -0.1) is 0 Å². The highest BCUT2D eigenvalue weighted by Gasteiger charge is 2.26. The summed E-state index contributed by atoms with van der Waals surface area (Å²) in [6, 6.07) is 2.17. The van der Waals surface area contributed by atoms with Crippen molar-refractivity contribution in [3.05, 3.63) is 24.0 Å². The molecule has 0 spiro atoms. The van der Waals surface area contributed by atoms with Crippen molar-refractivity contribution in [3.8, 4) is 0 Å². The number of hydrogen-bond donors (Lipinski definition) is 2. The van der Waals surface area contributed by atoms with Gasteiger partial charge in [0.15, 0.2) is 0 Å². The highest BCUT2D eigenvalue weighted by molar-refractivity contribution is 5.99. The Bertz CT molecular complexity index is 447. The second-order valence-corrected chi connectivity index (χ2v) is 5.48. The Morgan fingerprint density at radius 3 is 2.90 bits per heavy atom. The van der Waals surface area contributed by atoms with Gasteiger partial charge in [0.1, 0.15) is 0 Å². The molecular formula is C16H25N3O. The monoisotopic (exact) mass is 275 g/mol. The third kappa shape index (κ3) is 3.50. The van der Waals surface area contributed by atoms with Gasteiger partial charge < -0.3 is 10.6 Å². The molecule has 2 atom stereocenters. The number of nitrogens with one attached hydrogen (secondary N) is 2. The zero-order valence-electron chi connectivity index (χ0n) is 12.5. The van der Waals surface area contributed by atoms with E-state index in [4.69, 9.17) is 0 Å². The lowest BCUT2D eigenvalue weighted by atomic mass is 9.83. The summed E-state index contributed by atoms with van der Waals surface area (Å²) < 4.78 is 0. The maximum atomic E-state index is 12.5. The van der Waals surface area contributed by atoms with Crippen LogP contribution in [0.15, 0.2) is 18.5 Å².